The molecule has 8 nitrogen and oxygen atoms in total. The molecule has 1 unspecified atom stereocenters. The number of nitrogens with zero attached hydrogens (tertiary/aromatic N) is 2. The van der Waals surface area contributed by atoms with Crippen molar-refractivity contribution >= 4 is 22.5 Å². The summed E-state index contributed by atoms with van der Waals surface area (Å²) in [5.41, 5.74) is 4.70. The van der Waals surface area contributed by atoms with Crippen LogP contribution in [0.3, 0.4) is 0 Å². The molecule has 1 amide bonds. The van der Waals surface area contributed by atoms with Gasteiger partial charge in [-0.15, -0.1) is 0 Å². The van der Waals surface area contributed by atoms with E-state index in [0.717, 1.165) is 30.5 Å². The minimum absolute atomic E-state index is 0.0327. The number of aromatic nitrogens is 2. The minimum atomic E-state index is -1.19. The number of nitrogens with one attached hydrogen (secondary N) is 2. The van der Waals surface area contributed by atoms with Crippen molar-refractivity contribution in [2.24, 2.45) is 5.92 Å². The number of quaternary nitrogens is 1. The summed E-state index contributed by atoms with van der Waals surface area (Å²) >= 11 is 0. The molecule has 2 aliphatic heterocycles. The Labute approximate surface area is 184 Å². The van der Waals surface area contributed by atoms with E-state index in [1.54, 1.807) is 10.6 Å². The lowest BCUT2D eigenvalue weighted by atomic mass is 9.83. The lowest BCUT2D eigenvalue weighted by Crippen LogP contribution is -3.00. The molecule has 0 saturated carbocycles. The van der Waals surface area contributed by atoms with Crippen LogP contribution in [0.1, 0.15) is 52.5 Å². The number of aromatic amines is 1. The fourth-order valence-corrected chi connectivity index (χ4v) is 6.00. The van der Waals surface area contributed by atoms with Crippen LogP contribution in [0.25, 0.3) is 10.9 Å². The standard InChI is InChI=1S/C24H26N4O4/c29-23(15-5-6-20-18(10-15)17-3-1-2-4-19(17)25-20)26-11-14-9-16(13-26)21-7-8-22(28(31)32)24(30)27(21)12-14/h5-8,10,14,16,25,28,31H,1-4,9,11-13H2/t14-,16-/m0/s1. The second-order valence-corrected chi connectivity index (χ2v) is 9.45. The van der Waals surface area contributed by atoms with Crippen LogP contribution in [0, 0.1) is 11.1 Å². The largest absolute Gasteiger partial charge is 0.595 e. The van der Waals surface area contributed by atoms with Crippen molar-refractivity contribution < 1.29 is 15.2 Å². The number of fused-ring (bicyclic) bond motifs is 7. The van der Waals surface area contributed by atoms with Crippen molar-refractivity contribution in [2.75, 3.05) is 13.1 Å². The molecule has 2 bridgehead atoms. The van der Waals surface area contributed by atoms with Crippen LogP contribution < -0.4 is 10.8 Å². The number of benzene rings is 1. The molecular weight excluding hydrogens is 408 g/mol. The third-order valence-corrected chi connectivity index (χ3v) is 7.47. The molecule has 1 saturated heterocycles. The number of carbonyl (C=O) groups is 1. The Morgan fingerprint density at radius 2 is 1.97 bits per heavy atom. The maximum absolute atomic E-state index is 13.5. The van der Waals surface area contributed by atoms with E-state index in [1.165, 1.54) is 35.6 Å². The van der Waals surface area contributed by atoms with Crippen LogP contribution in [-0.4, -0.2) is 38.7 Å². The summed E-state index contributed by atoms with van der Waals surface area (Å²) in [6.45, 7) is 1.59. The first kappa shape index (κ1) is 19.7. The van der Waals surface area contributed by atoms with Crippen LogP contribution in [0.4, 0.5) is 5.69 Å². The van der Waals surface area contributed by atoms with Gasteiger partial charge in [-0.05, 0) is 67.9 Å². The number of aryl methyl sites for hydroxylation is 2. The maximum Gasteiger partial charge on any atom is 0.315 e. The SMILES string of the molecule is O=C(c1ccc2[nH]c3c(c2c1)CCCC3)N1C[C@@H]2C[C@@H](C1)c1ccc([NH+]([O-])O)c(=O)n1C2. The van der Waals surface area contributed by atoms with Gasteiger partial charge in [-0.1, -0.05) is 0 Å². The highest BCUT2D eigenvalue weighted by Crippen LogP contribution is 2.36. The number of carbonyl (C=O) groups excluding carboxylic acids is 1. The van der Waals surface area contributed by atoms with Crippen LogP contribution >= 0.6 is 0 Å². The Morgan fingerprint density at radius 1 is 1.12 bits per heavy atom. The zero-order chi connectivity index (χ0) is 22.0. The summed E-state index contributed by atoms with van der Waals surface area (Å²) in [6, 6.07) is 9.13. The molecule has 1 aromatic carbocycles. The van der Waals surface area contributed by atoms with Crippen LogP contribution in [0.15, 0.2) is 35.1 Å². The molecule has 6 rings (SSSR count). The van der Waals surface area contributed by atoms with Crippen molar-refractivity contribution in [3.63, 3.8) is 0 Å². The van der Waals surface area contributed by atoms with Crippen molar-refractivity contribution in [1.29, 1.82) is 0 Å². The van der Waals surface area contributed by atoms with E-state index in [9.17, 15) is 20.0 Å². The van der Waals surface area contributed by atoms with Crippen molar-refractivity contribution in [2.45, 2.75) is 44.6 Å². The Balaban J connectivity index is 1.30. The fraction of sp³-hybridized carbons (Fsp3) is 0.417. The zero-order valence-corrected chi connectivity index (χ0v) is 17.8. The quantitative estimate of drug-likeness (QED) is 0.536. The van der Waals surface area contributed by atoms with E-state index in [2.05, 4.69) is 4.98 Å². The highest BCUT2D eigenvalue weighted by Gasteiger charge is 2.37. The molecular formula is C24H26N4O4. The molecule has 2 aromatic heterocycles. The molecule has 8 heteroatoms. The van der Waals surface area contributed by atoms with Gasteiger partial charge in [0, 0.05) is 59.5 Å². The summed E-state index contributed by atoms with van der Waals surface area (Å²) in [7, 11) is 0. The summed E-state index contributed by atoms with van der Waals surface area (Å²) < 4.78 is 1.61. The smallest absolute Gasteiger partial charge is 0.315 e. The number of rotatable bonds is 2. The molecule has 4 heterocycles. The molecule has 0 spiro atoms. The number of amides is 1. The van der Waals surface area contributed by atoms with Gasteiger partial charge >= 0.3 is 5.56 Å². The molecule has 3 N–H and O–H groups in total. The Kier molecular flexibility index (Phi) is 4.50. The first-order valence-corrected chi connectivity index (χ1v) is 11.4. The molecule has 1 fully saturated rings. The molecule has 3 atom stereocenters. The van der Waals surface area contributed by atoms with Gasteiger partial charge in [-0.25, -0.2) is 5.21 Å². The second-order valence-electron chi connectivity index (χ2n) is 9.45. The summed E-state index contributed by atoms with van der Waals surface area (Å²) in [6.07, 6.45) is 5.45. The maximum atomic E-state index is 13.5. The van der Waals surface area contributed by atoms with Crippen molar-refractivity contribution in [3.8, 4) is 0 Å². The number of pyridine rings is 1. The highest BCUT2D eigenvalue weighted by molar-refractivity contribution is 5.99. The third-order valence-electron chi connectivity index (χ3n) is 7.47. The molecule has 0 radical (unpaired) electrons. The van der Waals surface area contributed by atoms with Crippen molar-refractivity contribution in [1.82, 2.24) is 14.5 Å². The number of piperidine rings is 1. The van der Waals surface area contributed by atoms with E-state index < -0.39 is 10.8 Å². The predicted molar refractivity (Wildman–Crippen MR) is 118 cm³/mol. The van der Waals surface area contributed by atoms with E-state index in [-0.39, 0.29) is 23.4 Å². The number of hydrogen-bond donors (Lipinski definition) is 3. The van der Waals surface area contributed by atoms with Gasteiger partial charge in [-0.2, -0.15) is 5.23 Å². The van der Waals surface area contributed by atoms with E-state index in [4.69, 9.17) is 0 Å². The van der Waals surface area contributed by atoms with Crippen LogP contribution in [-0.2, 0) is 19.4 Å². The van der Waals surface area contributed by atoms with Crippen molar-refractivity contribution in [3.05, 3.63) is 68.4 Å². The van der Waals surface area contributed by atoms with E-state index in [1.807, 2.05) is 23.1 Å². The third kappa shape index (κ3) is 3.02. The van der Waals surface area contributed by atoms with Gasteiger partial charge in [0.15, 0.2) is 0 Å². The summed E-state index contributed by atoms with van der Waals surface area (Å²) in [5, 5.41) is 20.6. The normalized spacial score (nSPS) is 23.0. The van der Waals surface area contributed by atoms with Gasteiger partial charge in [0.2, 0.25) is 5.69 Å². The van der Waals surface area contributed by atoms with E-state index in [0.29, 0.717) is 25.2 Å². The van der Waals surface area contributed by atoms with E-state index >= 15 is 0 Å². The number of H-pyrrole nitrogens is 1. The molecule has 32 heavy (non-hydrogen) atoms. The zero-order valence-electron chi connectivity index (χ0n) is 17.8. The average Bonchev–Trinajstić information content (AvgIpc) is 3.17. The van der Waals surface area contributed by atoms with Gasteiger partial charge in [0.25, 0.3) is 5.91 Å². The average molecular weight is 434 g/mol. The Hall–Kier alpha value is -2.94. The van der Waals surface area contributed by atoms with Gasteiger partial charge in [0.05, 0.1) is 0 Å². The highest BCUT2D eigenvalue weighted by atomic mass is 16.8. The lowest BCUT2D eigenvalue weighted by Gasteiger charge is -2.42. The molecule has 166 valence electrons. The first-order chi connectivity index (χ1) is 15.5. The molecule has 3 aromatic rings. The molecule has 1 aliphatic carbocycles. The summed E-state index contributed by atoms with van der Waals surface area (Å²) in [4.78, 5) is 31.5. The van der Waals surface area contributed by atoms with Gasteiger partial charge in [-0.3, -0.25) is 9.59 Å². The second kappa shape index (κ2) is 7.30. The van der Waals surface area contributed by atoms with Gasteiger partial charge in [0.1, 0.15) is 0 Å². The number of likely N-dealkylation sites (tertiary alicyclic amines) is 1. The van der Waals surface area contributed by atoms with Crippen LogP contribution in [0.2, 0.25) is 0 Å². The Morgan fingerprint density at radius 3 is 2.81 bits per heavy atom. The summed E-state index contributed by atoms with van der Waals surface area (Å²) in [5.74, 6) is 0.228. The first-order valence-electron chi connectivity index (χ1n) is 11.4. The number of hydrogen-bond acceptors (Lipinski definition) is 4. The minimum Gasteiger partial charge on any atom is -0.595 e. The lowest BCUT2D eigenvalue weighted by molar-refractivity contribution is -0.992. The Bertz CT molecular complexity index is 1290. The van der Waals surface area contributed by atoms with Crippen LogP contribution in [0.5, 0.6) is 0 Å². The topological polar surface area (TPSA) is 106 Å². The fourth-order valence-electron chi connectivity index (χ4n) is 6.00. The molecule has 3 aliphatic rings. The van der Waals surface area contributed by atoms with Gasteiger partial charge < -0.3 is 19.7 Å². The predicted octanol–water partition coefficient (Wildman–Crippen LogP) is 1.87. The monoisotopic (exact) mass is 434 g/mol.